The van der Waals surface area contributed by atoms with Crippen molar-refractivity contribution in [3.8, 4) is 0 Å². The van der Waals surface area contributed by atoms with Crippen LogP contribution in [0.15, 0.2) is 42.5 Å². The number of aryl methyl sites for hydroxylation is 1. The molecule has 0 unspecified atom stereocenters. The largest absolute Gasteiger partial charge is 0.342 e. The van der Waals surface area contributed by atoms with Crippen LogP contribution < -0.4 is 10.6 Å². The maximum absolute atomic E-state index is 14.0. The van der Waals surface area contributed by atoms with E-state index in [1.54, 1.807) is 6.07 Å². The summed E-state index contributed by atoms with van der Waals surface area (Å²) < 4.78 is 14.0. The van der Waals surface area contributed by atoms with Crippen LogP contribution >= 0.6 is 0 Å². The molecule has 0 heterocycles. The molecule has 0 amide bonds. The third kappa shape index (κ3) is 2.93. The predicted molar refractivity (Wildman–Crippen MR) is 78.2 cm³/mol. The Balaban J connectivity index is 2.29. The molecule has 2 rings (SSSR count). The third-order valence-electron chi connectivity index (χ3n) is 3.34. The van der Waals surface area contributed by atoms with E-state index in [-0.39, 0.29) is 5.82 Å². The number of hydrogen-bond donors (Lipinski definition) is 1. The topological polar surface area (TPSA) is 29.3 Å². The highest BCUT2D eigenvalue weighted by molar-refractivity contribution is 5.63. The number of rotatable bonds is 4. The first-order chi connectivity index (χ1) is 9.15. The van der Waals surface area contributed by atoms with Crippen molar-refractivity contribution in [1.29, 1.82) is 0 Å². The van der Waals surface area contributed by atoms with Gasteiger partial charge in [-0.25, -0.2) is 4.39 Å². The zero-order valence-corrected chi connectivity index (χ0v) is 11.4. The molecule has 2 aromatic carbocycles. The summed E-state index contributed by atoms with van der Waals surface area (Å²) in [4.78, 5) is 1.84. The van der Waals surface area contributed by atoms with Crippen LogP contribution in [0.1, 0.15) is 18.1 Å². The van der Waals surface area contributed by atoms with Crippen LogP contribution in [0, 0.1) is 5.82 Å². The predicted octanol–water partition coefficient (Wildman–Crippen LogP) is 3.61. The van der Waals surface area contributed by atoms with Crippen LogP contribution in [0.5, 0.6) is 0 Å². The zero-order valence-electron chi connectivity index (χ0n) is 11.4. The molecular formula is C16H19FN2. The summed E-state index contributed by atoms with van der Waals surface area (Å²) in [5.41, 5.74) is 9.11. The van der Waals surface area contributed by atoms with E-state index < -0.39 is 0 Å². The summed E-state index contributed by atoms with van der Waals surface area (Å²) in [5, 5.41) is 0. The van der Waals surface area contributed by atoms with Crippen LogP contribution in [0.2, 0.25) is 0 Å². The lowest BCUT2D eigenvalue weighted by Gasteiger charge is -2.20. The Morgan fingerprint density at radius 2 is 1.68 bits per heavy atom. The lowest BCUT2D eigenvalue weighted by molar-refractivity contribution is 0.625. The maximum atomic E-state index is 14.0. The molecule has 0 aliphatic carbocycles. The summed E-state index contributed by atoms with van der Waals surface area (Å²) >= 11 is 0. The summed E-state index contributed by atoms with van der Waals surface area (Å²) in [6.07, 6.45) is 1.00. The second-order valence-corrected chi connectivity index (χ2v) is 4.57. The lowest BCUT2D eigenvalue weighted by Crippen LogP contribution is -2.11. The summed E-state index contributed by atoms with van der Waals surface area (Å²) in [6, 6.07) is 13.3. The Kier molecular flexibility index (Phi) is 4.17. The average molecular weight is 258 g/mol. The lowest BCUT2D eigenvalue weighted by atomic mass is 10.1. The highest BCUT2D eigenvalue weighted by Gasteiger charge is 2.09. The number of nitrogens with two attached hydrogens (primary N) is 1. The Morgan fingerprint density at radius 3 is 2.21 bits per heavy atom. The zero-order chi connectivity index (χ0) is 13.8. The fraction of sp³-hybridized carbons (Fsp3) is 0.250. The number of hydrogen-bond acceptors (Lipinski definition) is 2. The van der Waals surface area contributed by atoms with Crippen molar-refractivity contribution >= 4 is 11.4 Å². The van der Waals surface area contributed by atoms with Crippen molar-refractivity contribution in [3.05, 3.63) is 59.4 Å². The molecule has 0 aliphatic rings. The second-order valence-electron chi connectivity index (χ2n) is 4.57. The van der Waals surface area contributed by atoms with Crippen molar-refractivity contribution in [2.45, 2.75) is 19.9 Å². The first kappa shape index (κ1) is 13.6. The van der Waals surface area contributed by atoms with Gasteiger partial charge < -0.3 is 10.6 Å². The van der Waals surface area contributed by atoms with Crippen LogP contribution in [0.3, 0.4) is 0 Å². The van der Waals surface area contributed by atoms with Gasteiger partial charge in [-0.1, -0.05) is 25.1 Å². The van der Waals surface area contributed by atoms with Crippen molar-refractivity contribution in [2.75, 3.05) is 11.9 Å². The van der Waals surface area contributed by atoms with Gasteiger partial charge in [-0.05, 0) is 41.8 Å². The van der Waals surface area contributed by atoms with Gasteiger partial charge in [0.2, 0.25) is 0 Å². The van der Waals surface area contributed by atoms with E-state index in [1.807, 2.05) is 30.1 Å². The van der Waals surface area contributed by atoms with Gasteiger partial charge in [-0.3, -0.25) is 0 Å². The second kappa shape index (κ2) is 5.85. The minimum atomic E-state index is -0.245. The minimum Gasteiger partial charge on any atom is -0.342 e. The Hall–Kier alpha value is -1.87. The van der Waals surface area contributed by atoms with E-state index in [9.17, 15) is 4.39 Å². The molecule has 0 saturated carbocycles. The van der Waals surface area contributed by atoms with Gasteiger partial charge in [0.1, 0.15) is 5.82 Å². The van der Waals surface area contributed by atoms with Gasteiger partial charge in [-0.15, -0.1) is 0 Å². The molecule has 0 bridgehead atoms. The first-order valence-electron chi connectivity index (χ1n) is 6.47. The number of nitrogens with zero attached hydrogens (tertiary/aromatic N) is 1. The molecule has 0 aliphatic heterocycles. The molecule has 2 N–H and O–H groups in total. The molecule has 0 atom stereocenters. The van der Waals surface area contributed by atoms with Crippen molar-refractivity contribution < 1.29 is 4.39 Å². The molecule has 0 aromatic heterocycles. The van der Waals surface area contributed by atoms with E-state index in [2.05, 4.69) is 19.1 Å². The fourth-order valence-electron chi connectivity index (χ4n) is 2.04. The number of anilines is 2. The molecule has 3 heteroatoms. The number of benzene rings is 2. The number of halogens is 1. The van der Waals surface area contributed by atoms with E-state index >= 15 is 0 Å². The van der Waals surface area contributed by atoms with Gasteiger partial charge in [0.15, 0.2) is 0 Å². The first-order valence-corrected chi connectivity index (χ1v) is 6.47. The van der Waals surface area contributed by atoms with Crippen LogP contribution in [0.25, 0.3) is 0 Å². The summed E-state index contributed by atoms with van der Waals surface area (Å²) in [6.45, 7) is 2.47. The molecule has 2 aromatic rings. The normalized spacial score (nSPS) is 10.5. The third-order valence-corrected chi connectivity index (χ3v) is 3.34. The highest BCUT2D eigenvalue weighted by Crippen LogP contribution is 2.27. The monoisotopic (exact) mass is 258 g/mol. The molecular weight excluding hydrogens is 239 g/mol. The molecule has 0 fully saturated rings. The van der Waals surface area contributed by atoms with Gasteiger partial charge in [0.25, 0.3) is 0 Å². The SMILES string of the molecule is CCc1ccc(N(C)c2ccc(CN)cc2F)cc1. The van der Waals surface area contributed by atoms with Gasteiger partial charge in [0.05, 0.1) is 5.69 Å². The van der Waals surface area contributed by atoms with E-state index in [0.29, 0.717) is 12.2 Å². The van der Waals surface area contributed by atoms with Crippen molar-refractivity contribution in [1.82, 2.24) is 0 Å². The molecule has 100 valence electrons. The van der Waals surface area contributed by atoms with E-state index in [4.69, 9.17) is 5.73 Å². The Labute approximate surface area is 113 Å². The minimum absolute atomic E-state index is 0.245. The van der Waals surface area contributed by atoms with Crippen LogP contribution in [-0.4, -0.2) is 7.05 Å². The fourth-order valence-corrected chi connectivity index (χ4v) is 2.04. The van der Waals surface area contributed by atoms with E-state index in [1.165, 1.54) is 11.6 Å². The van der Waals surface area contributed by atoms with Crippen molar-refractivity contribution in [2.24, 2.45) is 5.73 Å². The van der Waals surface area contributed by atoms with Crippen LogP contribution in [-0.2, 0) is 13.0 Å². The van der Waals surface area contributed by atoms with Gasteiger partial charge in [0, 0.05) is 19.3 Å². The molecule has 2 nitrogen and oxygen atoms in total. The molecule has 0 radical (unpaired) electrons. The molecule has 0 saturated heterocycles. The molecule has 19 heavy (non-hydrogen) atoms. The average Bonchev–Trinajstić information content (AvgIpc) is 2.46. The summed E-state index contributed by atoms with van der Waals surface area (Å²) in [7, 11) is 1.86. The van der Waals surface area contributed by atoms with Crippen LogP contribution in [0.4, 0.5) is 15.8 Å². The van der Waals surface area contributed by atoms with E-state index in [0.717, 1.165) is 17.7 Å². The standard InChI is InChI=1S/C16H19FN2/c1-3-12-4-7-14(8-5-12)19(2)16-9-6-13(11-18)10-15(16)17/h4-10H,3,11,18H2,1-2H3. The highest BCUT2D eigenvalue weighted by atomic mass is 19.1. The molecule has 0 spiro atoms. The quantitative estimate of drug-likeness (QED) is 0.907. The maximum Gasteiger partial charge on any atom is 0.147 e. The smallest absolute Gasteiger partial charge is 0.147 e. The van der Waals surface area contributed by atoms with Gasteiger partial charge >= 0.3 is 0 Å². The Morgan fingerprint density at radius 1 is 1.05 bits per heavy atom. The Bertz CT molecular complexity index is 549. The van der Waals surface area contributed by atoms with Gasteiger partial charge in [-0.2, -0.15) is 0 Å². The summed E-state index contributed by atoms with van der Waals surface area (Å²) in [5.74, 6) is -0.245. The van der Waals surface area contributed by atoms with Crippen molar-refractivity contribution in [3.63, 3.8) is 0 Å².